The molecule has 1 atom stereocenters. The number of methoxy groups -OCH3 is 2. The van der Waals surface area contributed by atoms with Gasteiger partial charge in [0.15, 0.2) is 0 Å². The van der Waals surface area contributed by atoms with E-state index in [1.54, 1.807) is 38.5 Å². The SMILES string of the molecule is COc1ccc(C2=C(O)CC(O)C(N)=C2)c(OC)c1. The summed E-state index contributed by atoms with van der Waals surface area (Å²) in [6.07, 6.45) is 0.828. The van der Waals surface area contributed by atoms with Gasteiger partial charge in [-0.3, -0.25) is 0 Å². The molecule has 1 aromatic rings. The highest BCUT2D eigenvalue weighted by atomic mass is 16.5. The second-order valence-electron chi connectivity index (χ2n) is 4.29. The van der Waals surface area contributed by atoms with Gasteiger partial charge in [0.05, 0.1) is 14.2 Å². The zero-order valence-electron chi connectivity index (χ0n) is 10.9. The van der Waals surface area contributed by atoms with E-state index < -0.39 is 6.10 Å². The van der Waals surface area contributed by atoms with Crippen molar-refractivity contribution in [1.29, 1.82) is 0 Å². The number of hydrogen-bond donors (Lipinski definition) is 3. The monoisotopic (exact) mass is 263 g/mol. The third kappa shape index (κ3) is 2.51. The van der Waals surface area contributed by atoms with Gasteiger partial charge in [0.1, 0.15) is 23.4 Å². The van der Waals surface area contributed by atoms with E-state index in [1.165, 1.54) is 0 Å². The smallest absolute Gasteiger partial charge is 0.130 e. The molecule has 0 heterocycles. The maximum Gasteiger partial charge on any atom is 0.130 e. The molecule has 0 saturated carbocycles. The number of rotatable bonds is 3. The van der Waals surface area contributed by atoms with Crippen LogP contribution in [0.1, 0.15) is 12.0 Å². The Hall–Kier alpha value is -2.14. The average molecular weight is 263 g/mol. The Bertz CT molecular complexity index is 548. The first-order valence-electron chi connectivity index (χ1n) is 5.86. The molecule has 1 aromatic carbocycles. The molecule has 0 saturated heterocycles. The van der Waals surface area contributed by atoms with E-state index in [0.29, 0.717) is 28.3 Å². The lowest BCUT2D eigenvalue weighted by molar-refractivity contribution is 0.188. The van der Waals surface area contributed by atoms with Crippen LogP contribution in [0.3, 0.4) is 0 Å². The molecular weight excluding hydrogens is 246 g/mol. The van der Waals surface area contributed by atoms with Crippen molar-refractivity contribution in [2.24, 2.45) is 5.73 Å². The largest absolute Gasteiger partial charge is 0.512 e. The lowest BCUT2D eigenvalue weighted by atomic mass is 9.94. The molecule has 0 fully saturated rings. The lowest BCUT2D eigenvalue weighted by Gasteiger charge is -2.20. The number of allylic oxidation sites excluding steroid dienone is 2. The van der Waals surface area contributed by atoms with Gasteiger partial charge in [-0.15, -0.1) is 0 Å². The first-order valence-corrected chi connectivity index (χ1v) is 5.86. The van der Waals surface area contributed by atoms with Gasteiger partial charge in [0, 0.05) is 29.3 Å². The molecule has 19 heavy (non-hydrogen) atoms. The minimum absolute atomic E-state index is 0.0881. The molecule has 2 rings (SSSR count). The number of aliphatic hydroxyl groups is 2. The average Bonchev–Trinajstić information content (AvgIpc) is 2.42. The standard InChI is InChI=1S/C14H17NO4/c1-18-8-3-4-9(14(5-8)19-2)10-6-11(15)13(17)7-12(10)16/h3-6,13,16-17H,7,15H2,1-2H3. The Balaban J connectivity index is 2.50. The van der Waals surface area contributed by atoms with E-state index >= 15 is 0 Å². The van der Waals surface area contributed by atoms with Gasteiger partial charge in [0.25, 0.3) is 0 Å². The van der Waals surface area contributed by atoms with Gasteiger partial charge in [-0.05, 0) is 18.2 Å². The van der Waals surface area contributed by atoms with Crippen LogP contribution in [0.2, 0.25) is 0 Å². The summed E-state index contributed by atoms with van der Waals surface area (Å²) in [7, 11) is 3.11. The van der Waals surface area contributed by atoms with Crippen LogP contribution in [0.5, 0.6) is 11.5 Å². The predicted molar refractivity (Wildman–Crippen MR) is 72.0 cm³/mol. The lowest BCUT2D eigenvalue weighted by Crippen LogP contribution is -2.21. The summed E-state index contributed by atoms with van der Waals surface area (Å²) in [6.45, 7) is 0. The Morgan fingerprint density at radius 3 is 2.63 bits per heavy atom. The number of ether oxygens (including phenoxy) is 2. The van der Waals surface area contributed by atoms with Crippen molar-refractivity contribution in [1.82, 2.24) is 0 Å². The van der Waals surface area contributed by atoms with Crippen molar-refractivity contribution < 1.29 is 19.7 Å². The molecular formula is C14H17NO4. The molecule has 5 heteroatoms. The highest BCUT2D eigenvalue weighted by Crippen LogP contribution is 2.35. The third-order valence-electron chi connectivity index (χ3n) is 3.09. The van der Waals surface area contributed by atoms with Crippen LogP contribution in [0.4, 0.5) is 0 Å². The van der Waals surface area contributed by atoms with E-state index in [4.69, 9.17) is 15.2 Å². The van der Waals surface area contributed by atoms with Gasteiger partial charge < -0.3 is 25.4 Å². The van der Waals surface area contributed by atoms with E-state index in [9.17, 15) is 10.2 Å². The summed E-state index contributed by atoms with van der Waals surface area (Å²) >= 11 is 0. The van der Waals surface area contributed by atoms with E-state index in [1.807, 2.05) is 0 Å². The van der Waals surface area contributed by atoms with Crippen molar-refractivity contribution >= 4 is 5.57 Å². The molecule has 4 N–H and O–H groups in total. The van der Waals surface area contributed by atoms with Crippen molar-refractivity contribution in [2.75, 3.05) is 14.2 Å². The fourth-order valence-corrected chi connectivity index (χ4v) is 2.01. The second-order valence-corrected chi connectivity index (χ2v) is 4.29. The predicted octanol–water partition coefficient (Wildman–Crippen LogP) is 1.58. The number of hydrogen-bond acceptors (Lipinski definition) is 5. The first kappa shape index (κ1) is 13.3. The maximum atomic E-state index is 9.99. The van der Waals surface area contributed by atoms with Gasteiger partial charge in [-0.1, -0.05) is 0 Å². The normalized spacial score (nSPS) is 19.1. The quantitative estimate of drug-likeness (QED) is 0.771. The fraction of sp³-hybridized carbons (Fsp3) is 0.286. The van der Waals surface area contributed by atoms with Crippen LogP contribution in [0.15, 0.2) is 35.7 Å². The van der Waals surface area contributed by atoms with Crippen LogP contribution in [-0.2, 0) is 0 Å². The fourth-order valence-electron chi connectivity index (χ4n) is 2.01. The van der Waals surface area contributed by atoms with E-state index in [2.05, 4.69) is 0 Å². The van der Waals surface area contributed by atoms with E-state index in [0.717, 1.165) is 0 Å². The van der Waals surface area contributed by atoms with Gasteiger partial charge in [0.2, 0.25) is 0 Å². The summed E-state index contributed by atoms with van der Waals surface area (Å²) in [5.74, 6) is 1.32. The first-order chi connectivity index (χ1) is 9.06. The highest BCUT2D eigenvalue weighted by molar-refractivity contribution is 5.81. The minimum Gasteiger partial charge on any atom is -0.512 e. The van der Waals surface area contributed by atoms with Gasteiger partial charge in [-0.25, -0.2) is 0 Å². The Morgan fingerprint density at radius 2 is 2.00 bits per heavy atom. The van der Waals surface area contributed by atoms with Crippen LogP contribution in [0, 0.1) is 0 Å². The summed E-state index contributed by atoms with van der Waals surface area (Å²) in [5, 5.41) is 19.6. The molecule has 0 amide bonds. The Labute approximate surface area is 111 Å². The summed E-state index contributed by atoms with van der Waals surface area (Å²) in [5.41, 5.74) is 7.30. The maximum absolute atomic E-state index is 9.99. The van der Waals surface area contributed by atoms with Gasteiger partial charge in [-0.2, -0.15) is 0 Å². The third-order valence-corrected chi connectivity index (χ3v) is 3.09. The van der Waals surface area contributed by atoms with Crippen molar-refractivity contribution in [3.05, 3.63) is 41.3 Å². The highest BCUT2D eigenvalue weighted by Gasteiger charge is 2.22. The molecule has 1 aliphatic rings. The summed E-state index contributed by atoms with van der Waals surface area (Å²) < 4.78 is 10.4. The molecule has 5 nitrogen and oxygen atoms in total. The molecule has 1 unspecified atom stereocenters. The molecule has 0 radical (unpaired) electrons. The minimum atomic E-state index is -0.840. The van der Waals surface area contributed by atoms with Crippen LogP contribution >= 0.6 is 0 Å². The van der Waals surface area contributed by atoms with Crippen LogP contribution in [-0.4, -0.2) is 30.5 Å². The zero-order valence-corrected chi connectivity index (χ0v) is 10.9. The molecule has 0 spiro atoms. The number of benzene rings is 1. The van der Waals surface area contributed by atoms with Crippen molar-refractivity contribution in [3.8, 4) is 11.5 Å². The molecule has 102 valence electrons. The van der Waals surface area contributed by atoms with E-state index in [-0.39, 0.29) is 12.2 Å². The molecule has 1 aliphatic carbocycles. The Morgan fingerprint density at radius 1 is 1.26 bits per heavy atom. The summed E-state index contributed by atoms with van der Waals surface area (Å²) in [4.78, 5) is 0. The zero-order chi connectivity index (χ0) is 14.0. The summed E-state index contributed by atoms with van der Waals surface area (Å²) in [6, 6.07) is 5.28. The van der Waals surface area contributed by atoms with Crippen molar-refractivity contribution in [2.45, 2.75) is 12.5 Å². The molecule has 0 aromatic heterocycles. The Kier molecular flexibility index (Phi) is 3.66. The number of nitrogens with two attached hydrogens (primary N) is 1. The van der Waals surface area contributed by atoms with Crippen molar-refractivity contribution in [3.63, 3.8) is 0 Å². The molecule has 0 bridgehead atoms. The van der Waals surface area contributed by atoms with Crippen LogP contribution < -0.4 is 15.2 Å². The van der Waals surface area contributed by atoms with Crippen LogP contribution in [0.25, 0.3) is 5.57 Å². The molecule has 0 aliphatic heterocycles. The van der Waals surface area contributed by atoms with Gasteiger partial charge >= 0.3 is 0 Å². The topological polar surface area (TPSA) is 84.9 Å². The number of aliphatic hydroxyl groups excluding tert-OH is 2. The second kappa shape index (κ2) is 5.24.